The predicted octanol–water partition coefficient (Wildman–Crippen LogP) is 4.46. The van der Waals surface area contributed by atoms with Gasteiger partial charge in [0.1, 0.15) is 5.82 Å². The van der Waals surface area contributed by atoms with Crippen LogP contribution in [0.1, 0.15) is 5.56 Å². The Balaban J connectivity index is 1.53. The number of aryl methyl sites for hydroxylation is 1. The Kier molecular flexibility index (Phi) is 5.62. The van der Waals surface area contributed by atoms with E-state index in [0.29, 0.717) is 9.47 Å². The van der Waals surface area contributed by atoms with Crippen LogP contribution in [0.3, 0.4) is 0 Å². The number of amides is 1. The highest BCUT2D eigenvalue weighted by Crippen LogP contribution is 2.28. The van der Waals surface area contributed by atoms with Crippen molar-refractivity contribution in [2.24, 2.45) is 0 Å². The summed E-state index contributed by atoms with van der Waals surface area (Å²) in [5, 5.41) is 14.5. The number of nitrogens with one attached hydrogen (secondary N) is 2. The van der Waals surface area contributed by atoms with E-state index in [-0.39, 0.29) is 17.3 Å². The summed E-state index contributed by atoms with van der Waals surface area (Å²) in [5.41, 5.74) is 2.26. The summed E-state index contributed by atoms with van der Waals surface area (Å²) in [5.74, 6) is -0.618. The molecular weight excluding hydrogens is 359 g/mol. The molecule has 0 bridgehead atoms. The Bertz CT molecular complexity index is 884. The number of nitrogens with zero attached hydrogens (tertiary/aromatic N) is 2. The number of hydrogen-bond acceptors (Lipinski definition) is 6. The number of thioether (sulfide) groups is 1. The first-order chi connectivity index (χ1) is 12.1. The van der Waals surface area contributed by atoms with Gasteiger partial charge in [-0.15, -0.1) is 10.2 Å². The van der Waals surface area contributed by atoms with Gasteiger partial charge in [-0.3, -0.25) is 4.79 Å². The second-order valence-electron chi connectivity index (χ2n) is 5.18. The summed E-state index contributed by atoms with van der Waals surface area (Å²) in [7, 11) is 0. The number of carbonyl (C=O) groups excluding carboxylic acids is 1. The summed E-state index contributed by atoms with van der Waals surface area (Å²) in [6.07, 6.45) is 0. The van der Waals surface area contributed by atoms with Gasteiger partial charge in [0.25, 0.3) is 0 Å². The van der Waals surface area contributed by atoms with Gasteiger partial charge >= 0.3 is 0 Å². The normalized spacial score (nSPS) is 10.5. The molecule has 0 fully saturated rings. The molecule has 0 saturated heterocycles. The molecule has 3 rings (SSSR count). The molecule has 2 N–H and O–H groups in total. The molecule has 0 aliphatic carbocycles. The molecule has 1 aromatic heterocycles. The second kappa shape index (κ2) is 8.09. The number of hydrogen-bond donors (Lipinski definition) is 2. The van der Waals surface area contributed by atoms with Crippen molar-refractivity contribution in [3.63, 3.8) is 0 Å². The highest BCUT2D eigenvalue weighted by Gasteiger charge is 2.10. The average Bonchev–Trinajstić information content (AvgIpc) is 3.03. The van der Waals surface area contributed by atoms with Crippen LogP contribution in [0, 0.1) is 12.7 Å². The van der Waals surface area contributed by atoms with E-state index >= 15 is 0 Å². The Hall–Kier alpha value is -2.45. The highest BCUT2D eigenvalue weighted by atomic mass is 32.2. The summed E-state index contributed by atoms with van der Waals surface area (Å²) in [4.78, 5) is 11.9. The Morgan fingerprint density at radius 2 is 2.04 bits per heavy atom. The number of carbonyl (C=O) groups is 1. The molecule has 0 aliphatic heterocycles. The van der Waals surface area contributed by atoms with Gasteiger partial charge in [0.2, 0.25) is 11.0 Å². The van der Waals surface area contributed by atoms with Crippen molar-refractivity contribution < 1.29 is 9.18 Å². The zero-order valence-corrected chi connectivity index (χ0v) is 15.0. The summed E-state index contributed by atoms with van der Waals surface area (Å²) >= 11 is 2.62. The van der Waals surface area contributed by atoms with E-state index in [0.717, 1.165) is 11.3 Å². The van der Waals surface area contributed by atoms with Crippen LogP contribution in [-0.4, -0.2) is 21.9 Å². The molecule has 1 heterocycles. The van der Waals surface area contributed by atoms with Crippen LogP contribution in [0.15, 0.2) is 52.9 Å². The van der Waals surface area contributed by atoms with Crippen molar-refractivity contribution in [1.29, 1.82) is 0 Å². The molecule has 3 aromatic rings. The molecule has 1 amide bonds. The minimum Gasteiger partial charge on any atom is -0.330 e. The number of aromatic nitrogens is 2. The number of halogens is 1. The second-order valence-corrected chi connectivity index (χ2v) is 7.38. The lowest BCUT2D eigenvalue weighted by Crippen LogP contribution is -2.14. The molecule has 0 unspecified atom stereocenters. The van der Waals surface area contributed by atoms with Gasteiger partial charge in [-0.1, -0.05) is 47.4 Å². The van der Waals surface area contributed by atoms with Crippen molar-refractivity contribution in [3.05, 3.63) is 59.9 Å². The number of anilines is 3. The van der Waals surface area contributed by atoms with Crippen molar-refractivity contribution in [2.75, 3.05) is 16.4 Å². The van der Waals surface area contributed by atoms with E-state index in [1.165, 1.54) is 35.2 Å². The van der Waals surface area contributed by atoms with Crippen LogP contribution in [0.4, 0.5) is 20.9 Å². The molecule has 0 saturated carbocycles. The van der Waals surface area contributed by atoms with Crippen LogP contribution in [0.25, 0.3) is 0 Å². The number of rotatable bonds is 6. The number of benzene rings is 2. The first kappa shape index (κ1) is 17.4. The fourth-order valence-corrected chi connectivity index (χ4v) is 3.61. The van der Waals surface area contributed by atoms with E-state index in [2.05, 4.69) is 20.8 Å². The maximum Gasteiger partial charge on any atom is 0.234 e. The van der Waals surface area contributed by atoms with Gasteiger partial charge in [0, 0.05) is 5.69 Å². The maximum absolute atomic E-state index is 13.5. The third kappa shape index (κ3) is 5.01. The van der Waals surface area contributed by atoms with E-state index in [1.807, 2.05) is 31.2 Å². The molecule has 128 valence electrons. The molecule has 8 heteroatoms. The molecular formula is C17H15FN4OS2. The minimum absolute atomic E-state index is 0.132. The fraction of sp³-hybridized carbons (Fsp3) is 0.118. The lowest BCUT2D eigenvalue weighted by Gasteiger charge is -2.04. The predicted molar refractivity (Wildman–Crippen MR) is 100 cm³/mol. The Labute approximate surface area is 152 Å². The number of para-hydroxylation sites is 1. The van der Waals surface area contributed by atoms with E-state index in [9.17, 15) is 9.18 Å². The first-order valence-electron chi connectivity index (χ1n) is 7.44. The maximum atomic E-state index is 13.5. The largest absolute Gasteiger partial charge is 0.330 e. The average molecular weight is 374 g/mol. The first-order valence-corrected chi connectivity index (χ1v) is 9.25. The molecule has 5 nitrogen and oxygen atoms in total. The van der Waals surface area contributed by atoms with Gasteiger partial charge in [-0.2, -0.15) is 0 Å². The quantitative estimate of drug-likeness (QED) is 0.624. The van der Waals surface area contributed by atoms with Gasteiger partial charge in [-0.05, 0) is 36.8 Å². The van der Waals surface area contributed by atoms with Crippen LogP contribution in [0.2, 0.25) is 0 Å². The van der Waals surface area contributed by atoms with Crippen LogP contribution < -0.4 is 10.6 Å². The van der Waals surface area contributed by atoms with Crippen LogP contribution >= 0.6 is 23.1 Å². The zero-order chi connectivity index (χ0) is 17.6. The lowest BCUT2D eigenvalue weighted by atomic mass is 10.2. The third-order valence-corrected chi connectivity index (χ3v) is 5.12. The molecule has 0 radical (unpaired) electrons. The molecule has 25 heavy (non-hydrogen) atoms. The minimum atomic E-state index is -0.457. The monoisotopic (exact) mass is 374 g/mol. The highest BCUT2D eigenvalue weighted by molar-refractivity contribution is 8.01. The smallest absolute Gasteiger partial charge is 0.234 e. The molecule has 0 atom stereocenters. The van der Waals surface area contributed by atoms with Crippen molar-refractivity contribution in [3.8, 4) is 0 Å². The topological polar surface area (TPSA) is 66.9 Å². The van der Waals surface area contributed by atoms with E-state index in [1.54, 1.807) is 12.1 Å². The lowest BCUT2D eigenvalue weighted by molar-refractivity contribution is -0.113. The molecule has 0 spiro atoms. The van der Waals surface area contributed by atoms with Crippen molar-refractivity contribution in [2.45, 2.75) is 11.3 Å². The Morgan fingerprint density at radius 1 is 1.20 bits per heavy atom. The SMILES string of the molecule is Cc1cccc(Nc2nnc(SCC(=O)Nc3ccccc3F)s2)c1. The molecule has 2 aromatic carbocycles. The van der Waals surface area contributed by atoms with Crippen molar-refractivity contribution >= 4 is 45.5 Å². The zero-order valence-electron chi connectivity index (χ0n) is 13.3. The van der Waals surface area contributed by atoms with Gasteiger partial charge < -0.3 is 10.6 Å². The van der Waals surface area contributed by atoms with Gasteiger partial charge in [0.15, 0.2) is 4.34 Å². The summed E-state index contributed by atoms with van der Waals surface area (Å²) in [6, 6.07) is 14.0. The standard InChI is InChI=1S/C17H15FN4OS2/c1-11-5-4-6-12(9-11)19-16-21-22-17(25-16)24-10-15(23)20-14-8-3-2-7-13(14)18/h2-9H,10H2,1H3,(H,19,21)(H,20,23). The Morgan fingerprint density at radius 3 is 2.84 bits per heavy atom. The fourth-order valence-electron chi connectivity index (χ4n) is 2.04. The van der Waals surface area contributed by atoms with Crippen LogP contribution in [0.5, 0.6) is 0 Å². The summed E-state index contributed by atoms with van der Waals surface area (Å²) in [6.45, 7) is 2.01. The van der Waals surface area contributed by atoms with Gasteiger partial charge in [0.05, 0.1) is 11.4 Å². The van der Waals surface area contributed by atoms with Gasteiger partial charge in [-0.25, -0.2) is 4.39 Å². The van der Waals surface area contributed by atoms with Crippen molar-refractivity contribution in [1.82, 2.24) is 10.2 Å². The molecule has 0 aliphatic rings. The van der Waals surface area contributed by atoms with E-state index < -0.39 is 5.82 Å². The summed E-state index contributed by atoms with van der Waals surface area (Å²) < 4.78 is 14.2. The van der Waals surface area contributed by atoms with Crippen LogP contribution in [-0.2, 0) is 4.79 Å². The third-order valence-electron chi connectivity index (χ3n) is 3.15. The van der Waals surface area contributed by atoms with E-state index in [4.69, 9.17) is 0 Å².